The molecule has 5 rings (SSSR count). The molecule has 1 fully saturated rings. The van der Waals surface area contributed by atoms with Gasteiger partial charge in [-0.05, 0) is 54.7 Å². The summed E-state index contributed by atoms with van der Waals surface area (Å²) < 4.78 is 44.3. The van der Waals surface area contributed by atoms with Crippen molar-refractivity contribution in [3.8, 4) is 5.75 Å². The Bertz CT molecular complexity index is 1170. The normalized spacial score (nSPS) is 16.7. The van der Waals surface area contributed by atoms with Crippen LogP contribution in [0.4, 0.5) is 18.9 Å². The van der Waals surface area contributed by atoms with Gasteiger partial charge in [0.2, 0.25) is 0 Å². The zero-order chi connectivity index (χ0) is 21.6. The maximum atomic E-state index is 13.0. The molecule has 2 aromatic carbocycles. The average Bonchev–Trinajstić information content (AvgIpc) is 3.21. The lowest BCUT2D eigenvalue weighted by molar-refractivity contribution is -0.137. The topological polar surface area (TPSA) is 57.4 Å². The highest BCUT2D eigenvalue weighted by Crippen LogP contribution is 2.37. The molecule has 160 valence electrons. The summed E-state index contributed by atoms with van der Waals surface area (Å²) in [6.07, 6.45) is 2.17. The van der Waals surface area contributed by atoms with Gasteiger partial charge in [0.25, 0.3) is 5.91 Å². The Morgan fingerprint density at radius 2 is 1.90 bits per heavy atom. The number of aromatic amines is 1. The maximum Gasteiger partial charge on any atom is 0.416 e. The van der Waals surface area contributed by atoms with Crippen LogP contribution in [0.3, 0.4) is 0 Å². The highest BCUT2D eigenvalue weighted by Gasteiger charge is 2.31. The van der Waals surface area contributed by atoms with Crippen LogP contribution in [-0.4, -0.2) is 28.9 Å². The van der Waals surface area contributed by atoms with E-state index in [9.17, 15) is 18.0 Å². The number of rotatable bonds is 2. The number of halogens is 3. The summed E-state index contributed by atoms with van der Waals surface area (Å²) in [7, 11) is 0. The number of hydrogen-bond donors (Lipinski definition) is 2. The van der Waals surface area contributed by atoms with Crippen LogP contribution in [0.15, 0.2) is 55.1 Å². The van der Waals surface area contributed by atoms with Crippen LogP contribution in [0.25, 0.3) is 10.9 Å². The van der Waals surface area contributed by atoms with Gasteiger partial charge in [-0.2, -0.15) is 13.2 Å². The third-order valence-corrected chi connectivity index (χ3v) is 5.99. The molecule has 1 amide bonds. The van der Waals surface area contributed by atoms with E-state index in [1.54, 1.807) is 36.9 Å². The van der Waals surface area contributed by atoms with Crippen molar-refractivity contribution in [3.63, 3.8) is 0 Å². The number of nitrogens with zero attached hydrogens (tertiary/aromatic N) is 1. The number of alkyl halides is 3. The van der Waals surface area contributed by atoms with E-state index in [0.29, 0.717) is 29.9 Å². The van der Waals surface area contributed by atoms with E-state index in [-0.39, 0.29) is 11.8 Å². The number of benzene rings is 2. The third-order valence-electron chi connectivity index (χ3n) is 5.99. The second-order valence-electron chi connectivity index (χ2n) is 7.84. The lowest BCUT2D eigenvalue weighted by atomic mass is 9.88. The fraction of sp³-hybridized carbons (Fsp3) is 0.261. The Hall–Kier alpha value is -3.42. The summed E-state index contributed by atoms with van der Waals surface area (Å²) in [5.74, 6) is 0.829. The molecule has 0 spiro atoms. The highest BCUT2D eigenvalue weighted by atomic mass is 19.4. The summed E-state index contributed by atoms with van der Waals surface area (Å²) >= 11 is 0. The zero-order valence-corrected chi connectivity index (χ0v) is 16.5. The van der Waals surface area contributed by atoms with Crippen molar-refractivity contribution in [1.82, 2.24) is 9.88 Å². The van der Waals surface area contributed by atoms with Crippen LogP contribution in [0, 0.1) is 0 Å². The molecule has 0 bridgehead atoms. The Kier molecular flexibility index (Phi) is 4.64. The van der Waals surface area contributed by atoms with Gasteiger partial charge in [-0.1, -0.05) is 6.07 Å². The summed E-state index contributed by atoms with van der Waals surface area (Å²) in [5.41, 5.74) is 2.18. The second kappa shape index (κ2) is 7.37. The number of likely N-dealkylation sites (tertiary alicyclic amines) is 1. The van der Waals surface area contributed by atoms with E-state index >= 15 is 0 Å². The van der Waals surface area contributed by atoms with Crippen LogP contribution >= 0.6 is 0 Å². The third kappa shape index (κ3) is 3.62. The van der Waals surface area contributed by atoms with Crippen molar-refractivity contribution in [3.05, 3.63) is 71.7 Å². The van der Waals surface area contributed by atoms with Crippen LogP contribution in [0.2, 0.25) is 0 Å². The number of hydrogen-bond acceptors (Lipinski definition) is 3. The number of fused-ring (bicyclic) bond motifs is 2. The number of nitrogens with one attached hydrogen (secondary N) is 2. The van der Waals surface area contributed by atoms with Gasteiger partial charge in [-0.3, -0.25) is 4.79 Å². The van der Waals surface area contributed by atoms with Gasteiger partial charge in [0.15, 0.2) is 0 Å². The Labute approximate surface area is 176 Å². The predicted molar refractivity (Wildman–Crippen MR) is 111 cm³/mol. The zero-order valence-electron chi connectivity index (χ0n) is 16.5. The number of piperidine rings is 1. The first-order chi connectivity index (χ1) is 14.9. The summed E-state index contributed by atoms with van der Waals surface area (Å²) in [5, 5.41) is 3.88. The number of amides is 1. The second-order valence-corrected chi connectivity index (χ2v) is 7.84. The molecule has 8 heteroatoms. The molecule has 2 aliphatic heterocycles. The standard InChI is InChI=1S/C23H20F3N3O2/c24-23(25,26)16-2-3-17-18(13-28-19(17)12-16)14-5-8-29(9-6-14)22(30)15-1-4-21-20(11-15)27-7-10-31-21/h1-4,7,10-14,27-28H,5-6,8-9H2. The summed E-state index contributed by atoms with van der Waals surface area (Å²) in [6, 6.07) is 9.13. The van der Waals surface area contributed by atoms with E-state index in [1.165, 1.54) is 6.07 Å². The Morgan fingerprint density at radius 3 is 2.68 bits per heavy atom. The van der Waals surface area contributed by atoms with Crippen LogP contribution < -0.4 is 10.1 Å². The smallest absolute Gasteiger partial charge is 0.416 e. The van der Waals surface area contributed by atoms with Crippen molar-refractivity contribution in [2.75, 3.05) is 18.4 Å². The van der Waals surface area contributed by atoms with Gasteiger partial charge in [-0.15, -0.1) is 0 Å². The first-order valence-corrected chi connectivity index (χ1v) is 10.1. The molecule has 0 radical (unpaired) electrons. The van der Waals surface area contributed by atoms with Crippen LogP contribution in [0.1, 0.15) is 40.2 Å². The molecule has 3 aromatic rings. The number of ether oxygens (including phenoxy) is 1. The first-order valence-electron chi connectivity index (χ1n) is 10.1. The van der Waals surface area contributed by atoms with Crippen molar-refractivity contribution in [2.24, 2.45) is 0 Å². The number of carbonyl (C=O) groups is 1. The lowest BCUT2D eigenvalue weighted by Gasteiger charge is -2.32. The molecule has 0 aliphatic carbocycles. The quantitative estimate of drug-likeness (QED) is 0.569. The SMILES string of the molecule is O=C(c1ccc2c(c1)NC=CO2)N1CCC(c2c[nH]c3cc(C(F)(F)F)ccc23)CC1. The molecule has 31 heavy (non-hydrogen) atoms. The fourth-order valence-corrected chi connectivity index (χ4v) is 4.35. The van der Waals surface area contributed by atoms with Crippen molar-refractivity contribution in [1.29, 1.82) is 0 Å². The lowest BCUT2D eigenvalue weighted by Crippen LogP contribution is -2.37. The number of carbonyl (C=O) groups excluding carboxylic acids is 1. The molecule has 1 saturated heterocycles. The minimum atomic E-state index is -4.36. The fourth-order valence-electron chi connectivity index (χ4n) is 4.35. The molecular weight excluding hydrogens is 407 g/mol. The minimum absolute atomic E-state index is 0.0358. The average molecular weight is 427 g/mol. The predicted octanol–water partition coefficient (Wildman–Crippen LogP) is 5.48. The Balaban J connectivity index is 1.29. The molecule has 2 aliphatic rings. The van der Waals surface area contributed by atoms with Gasteiger partial charge in [0.1, 0.15) is 12.0 Å². The number of H-pyrrole nitrogens is 1. The van der Waals surface area contributed by atoms with Crippen molar-refractivity contribution in [2.45, 2.75) is 24.9 Å². The molecule has 1 aromatic heterocycles. The highest BCUT2D eigenvalue weighted by molar-refractivity contribution is 5.96. The van der Waals surface area contributed by atoms with Gasteiger partial charge in [0, 0.05) is 42.0 Å². The molecule has 3 heterocycles. The summed E-state index contributed by atoms with van der Waals surface area (Å²) in [6.45, 7) is 1.19. The minimum Gasteiger partial charge on any atom is -0.461 e. The van der Waals surface area contributed by atoms with Gasteiger partial charge < -0.3 is 19.9 Å². The molecule has 2 N–H and O–H groups in total. The Morgan fingerprint density at radius 1 is 1.10 bits per heavy atom. The number of anilines is 1. The number of aromatic nitrogens is 1. The molecular formula is C23H20F3N3O2. The molecule has 0 saturated carbocycles. The van der Waals surface area contributed by atoms with E-state index in [1.807, 2.05) is 4.90 Å². The maximum absolute atomic E-state index is 13.0. The molecule has 5 nitrogen and oxygen atoms in total. The van der Waals surface area contributed by atoms with Gasteiger partial charge >= 0.3 is 6.18 Å². The van der Waals surface area contributed by atoms with Crippen LogP contribution in [0.5, 0.6) is 5.75 Å². The summed E-state index contributed by atoms with van der Waals surface area (Å²) in [4.78, 5) is 17.8. The van der Waals surface area contributed by atoms with Gasteiger partial charge in [0.05, 0.1) is 11.3 Å². The van der Waals surface area contributed by atoms with E-state index in [2.05, 4.69) is 10.3 Å². The largest absolute Gasteiger partial charge is 0.461 e. The van der Waals surface area contributed by atoms with E-state index < -0.39 is 11.7 Å². The molecule has 0 unspecified atom stereocenters. The van der Waals surface area contributed by atoms with Crippen LogP contribution in [-0.2, 0) is 6.18 Å². The van der Waals surface area contributed by atoms with Crippen molar-refractivity contribution < 1.29 is 22.7 Å². The van der Waals surface area contributed by atoms with Crippen molar-refractivity contribution >= 4 is 22.5 Å². The van der Waals surface area contributed by atoms with E-state index in [0.717, 1.165) is 41.6 Å². The van der Waals surface area contributed by atoms with Gasteiger partial charge in [-0.25, -0.2) is 0 Å². The van der Waals surface area contributed by atoms with E-state index in [4.69, 9.17) is 4.74 Å². The monoisotopic (exact) mass is 427 g/mol. The molecule has 0 atom stereocenters. The first kappa shape index (κ1) is 19.5.